The van der Waals surface area contributed by atoms with Gasteiger partial charge in [0, 0.05) is 30.1 Å². The van der Waals surface area contributed by atoms with E-state index in [4.69, 9.17) is 5.73 Å². The van der Waals surface area contributed by atoms with Crippen molar-refractivity contribution in [3.63, 3.8) is 0 Å². The van der Waals surface area contributed by atoms with Crippen LogP contribution in [-0.2, 0) is 11.2 Å². The molecule has 0 bridgehead atoms. The quantitative estimate of drug-likeness (QED) is 0.788. The average molecular weight is 222 g/mol. The fourth-order valence-electron chi connectivity index (χ4n) is 1.57. The van der Waals surface area contributed by atoms with Crippen molar-refractivity contribution in [1.82, 2.24) is 4.98 Å². The van der Waals surface area contributed by atoms with Crippen LogP contribution in [0.3, 0.4) is 0 Å². The summed E-state index contributed by atoms with van der Waals surface area (Å²) in [5.74, 6) is -0.197. The van der Waals surface area contributed by atoms with Gasteiger partial charge in [0.1, 0.15) is 5.60 Å². The molecule has 0 saturated carbocycles. The van der Waals surface area contributed by atoms with E-state index in [0.29, 0.717) is 24.1 Å². The number of carbonyl (C=O) groups is 1. The van der Waals surface area contributed by atoms with Crippen LogP contribution in [0.1, 0.15) is 32.3 Å². The second kappa shape index (κ2) is 5.07. The van der Waals surface area contributed by atoms with Gasteiger partial charge in [-0.05, 0) is 18.9 Å². The molecule has 1 aromatic rings. The Kier molecular flexibility index (Phi) is 4.01. The molecule has 3 N–H and O–H groups in total. The third kappa shape index (κ3) is 2.58. The number of anilines is 1. The predicted octanol–water partition coefficient (Wildman–Crippen LogP) is 1.33. The third-order valence-electron chi connectivity index (χ3n) is 2.98. The second-order valence-electron chi connectivity index (χ2n) is 3.91. The fourth-order valence-corrected chi connectivity index (χ4v) is 1.57. The molecule has 0 amide bonds. The molecule has 0 atom stereocenters. The van der Waals surface area contributed by atoms with E-state index < -0.39 is 5.60 Å². The molecule has 1 aromatic heterocycles. The molecule has 0 aromatic carbocycles. The maximum Gasteiger partial charge on any atom is 0.168 e. The maximum absolute atomic E-state index is 11.9. The van der Waals surface area contributed by atoms with Crippen LogP contribution >= 0.6 is 0 Å². The van der Waals surface area contributed by atoms with Crippen molar-refractivity contribution in [3.8, 4) is 0 Å². The Morgan fingerprint density at radius 1 is 1.50 bits per heavy atom. The van der Waals surface area contributed by atoms with Crippen molar-refractivity contribution < 1.29 is 9.90 Å². The highest BCUT2D eigenvalue weighted by Crippen LogP contribution is 2.20. The summed E-state index contributed by atoms with van der Waals surface area (Å²) in [6, 6.07) is 1.65. The first-order valence-electron chi connectivity index (χ1n) is 5.47. The van der Waals surface area contributed by atoms with Gasteiger partial charge in [0.15, 0.2) is 5.78 Å². The number of nitrogens with zero attached hydrogens (tertiary/aromatic N) is 1. The molecule has 16 heavy (non-hydrogen) atoms. The standard InChI is InChI=1S/C12H18N2O2/c1-3-12(16,4-2)11(15)7-9-8-14-6-5-10(9)13/h5-6,8,16H,3-4,7H2,1-2H3,(H2,13,14). The molecule has 0 spiro atoms. The number of aliphatic hydroxyl groups is 1. The Balaban J connectivity index is 2.83. The molecule has 1 rings (SSSR count). The monoisotopic (exact) mass is 222 g/mol. The third-order valence-corrected chi connectivity index (χ3v) is 2.98. The molecule has 0 aliphatic rings. The van der Waals surface area contributed by atoms with E-state index >= 15 is 0 Å². The zero-order valence-electron chi connectivity index (χ0n) is 9.73. The Bertz CT molecular complexity index is 373. The number of ketones is 1. The van der Waals surface area contributed by atoms with Gasteiger partial charge in [-0.2, -0.15) is 0 Å². The largest absolute Gasteiger partial charge is 0.398 e. The molecule has 0 saturated heterocycles. The summed E-state index contributed by atoms with van der Waals surface area (Å²) in [7, 11) is 0. The van der Waals surface area contributed by atoms with Gasteiger partial charge < -0.3 is 10.8 Å². The lowest BCUT2D eigenvalue weighted by Crippen LogP contribution is -2.38. The zero-order valence-corrected chi connectivity index (χ0v) is 9.73. The van der Waals surface area contributed by atoms with Crippen molar-refractivity contribution in [1.29, 1.82) is 0 Å². The van der Waals surface area contributed by atoms with Crippen LogP contribution in [0.25, 0.3) is 0 Å². The van der Waals surface area contributed by atoms with Crippen LogP contribution in [0.5, 0.6) is 0 Å². The highest BCUT2D eigenvalue weighted by atomic mass is 16.3. The molecule has 0 fully saturated rings. The van der Waals surface area contributed by atoms with Gasteiger partial charge >= 0.3 is 0 Å². The molecule has 4 nitrogen and oxygen atoms in total. The molecular weight excluding hydrogens is 204 g/mol. The van der Waals surface area contributed by atoms with Gasteiger partial charge in [-0.25, -0.2) is 0 Å². The second-order valence-corrected chi connectivity index (χ2v) is 3.91. The lowest BCUT2D eigenvalue weighted by atomic mass is 9.88. The summed E-state index contributed by atoms with van der Waals surface area (Å²) < 4.78 is 0. The van der Waals surface area contributed by atoms with E-state index in [9.17, 15) is 9.90 Å². The molecule has 0 aliphatic carbocycles. The molecule has 0 aliphatic heterocycles. The first-order chi connectivity index (χ1) is 7.53. The maximum atomic E-state index is 11.9. The van der Waals surface area contributed by atoms with E-state index in [1.807, 2.05) is 0 Å². The lowest BCUT2D eigenvalue weighted by molar-refractivity contribution is -0.137. The highest BCUT2D eigenvalue weighted by Gasteiger charge is 2.31. The lowest BCUT2D eigenvalue weighted by Gasteiger charge is -2.23. The van der Waals surface area contributed by atoms with E-state index in [1.165, 1.54) is 0 Å². The van der Waals surface area contributed by atoms with Crippen molar-refractivity contribution in [2.24, 2.45) is 0 Å². The van der Waals surface area contributed by atoms with Crippen LogP contribution in [0, 0.1) is 0 Å². The smallest absolute Gasteiger partial charge is 0.168 e. The van der Waals surface area contributed by atoms with Gasteiger partial charge in [0.2, 0.25) is 0 Å². The summed E-state index contributed by atoms with van der Waals surface area (Å²) in [6.45, 7) is 3.60. The number of nitrogen functional groups attached to an aromatic ring is 1. The van der Waals surface area contributed by atoms with Gasteiger partial charge in [-0.3, -0.25) is 9.78 Å². The molecule has 1 heterocycles. The number of nitrogens with two attached hydrogens (primary N) is 1. The van der Waals surface area contributed by atoms with Crippen molar-refractivity contribution in [2.45, 2.75) is 38.7 Å². The number of hydrogen-bond donors (Lipinski definition) is 2. The highest BCUT2D eigenvalue weighted by molar-refractivity contribution is 5.89. The topological polar surface area (TPSA) is 76.2 Å². The number of rotatable bonds is 5. The Morgan fingerprint density at radius 2 is 2.12 bits per heavy atom. The van der Waals surface area contributed by atoms with E-state index in [-0.39, 0.29) is 12.2 Å². The average Bonchev–Trinajstić information content (AvgIpc) is 2.31. The van der Waals surface area contributed by atoms with Crippen LogP contribution in [-0.4, -0.2) is 21.5 Å². The number of Topliss-reactive ketones (excluding diaryl/α,β-unsaturated/α-hetero) is 1. The van der Waals surface area contributed by atoms with Crippen LogP contribution in [0.2, 0.25) is 0 Å². The molecule has 0 unspecified atom stereocenters. The molecule has 0 radical (unpaired) electrons. The first-order valence-corrected chi connectivity index (χ1v) is 5.47. The summed E-state index contributed by atoms with van der Waals surface area (Å²) in [5.41, 5.74) is 5.70. The predicted molar refractivity (Wildman–Crippen MR) is 62.9 cm³/mol. The van der Waals surface area contributed by atoms with Crippen LogP contribution in [0.15, 0.2) is 18.5 Å². The summed E-state index contributed by atoms with van der Waals surface area (Å²) in [6.07, 6.45) is 4.12. The van der Waals surface area contributed by atoms with Crippen molar-refractivity contribution >= 4 is 11.5 Å². The molecule has 4 heteroatoms. The number of pyridine rings is 1. The fraction of sp³-hybridized carbons (Fsp3) is 0.500. The minimum atomic E-state index is -1.23. The van der Waals surface area contributed by atoms with Crippen molar-refractivity contribution in [3.05, 3.63) is 24.0 Å². The van der Waals surface area contributed by atoms with Crippen LogP contribution in [0.4, 0.5) is 5.69 Å². The molecular formula is C12H18N2O2. The van der Waals surface area contributed by atoms with E-state index in [1.54, 1.807) is 32.3 Å². The number of carbonyl (C=O) groups excluding carboxylic acids is 1. The Hall–Kier alpha value is -1.42. The van der Waals surface area contributed by atoms with E-state index in [0.717, 1.165) is 0 Å². The zero-order chi connectivity index (χ0) is 12.2. The van der Waals surface area contributed by atoms with Gasteiger partial charge in [-0.1, -0.05) is 13.8 Å². The number of aromatic nitrogens is 1. The summed E-state index contributed by atoms with van der Waals surface area (Å²) in [5, 5.41) is 10.0. The normalized spacial score (nSPS) is 11.4. The van der Waals surface area contributed by atoms with Gasteiger partial charge in [0.25, 0.3) is 0 Å². The SMILES string of the molecule is CCC(O)(CC)C(=O)Cc1cnccc1N. The minimum Gasteiger partial charge on any atom is -0.398 e. The summed E-state index contributed by atoms with van der Waals surface area (Å²) >= 11 is 0. The van der Waals surface area contributed by atoms with E-state index in [2.05, 4.69) is 4.98 Å². The first kappa shape index (κ1) is 12.6. The Labute approximate surface area is 95.5 Å². The number of hydrogen-bond acceptors (Lipinski definition) is 4. The minimum absolute atomic E-state index is 0.137. The molecule has 88 valence electrons. The van der Waals surface area contributed by atoms with Gasteiger partial charge in [-0.15, -0.1) is 0 Å². The summed E-state index contributed by atoms with van der Waals surface area (Å²) in [4.78, 5) is 15.8. The van der Waals surface area contributed by atoms with Gasteiger partial charge in [0.05, 0.1) is 0 Å². The Morgan fingerprint density at radius 3 is 2.62 bits per heavy atom. The van der Waals surface area contributed by atoms with Crippen LogP contribution < -0.4 is 5.73 Å². The van der Waals surface area contributed by atoms with Crippen molar-refractivity contribution in [2.75, 3.05) is 5.73 Å².